The number of pyridine rings is 1. The molecular weight excluding hydrogens is 539 g/mol. The van der Waals surface area contributed by atoms with Crippen LogP contribution >= 0.6 is 35.6 Å². The number of rotatable bonds is 6. The quantitative estimate of drug-likeness (QED) is 0.315. The Hall–Kier alpha value is -1.78. The van der Waals surface area contributed by atoms with Gasteiger partial charge in [0.05, 0.1) is 24.8 Å². The SMILES string of the molecule is CCNC(=NCc1ccc(N2CCOCC2)cc1)NC1CCN(c2ncccc2Cl)C1.I. The highest BCUT2D eigenvalue weighted by molar-refractivity contribution is 14.0. The molecule has 0 saturated carbocycles. The van der Waals surface area contributed by atoms with Gasteiger partial charge in [-0.15, -0.1) is 24.0 Å². The lowest BCUT2D eigenvalue weighted by atomic mass is 10.2. The average molecular weight is 571 g/mol. The van der Waals surface area contributed by atoms with Gasteiger partial charge in [0.1, 0.15) is 5.82 Å². The minimum Gasteiger partial charge on any atom is -0.378 e. The Morgan fingerprint density at radius 2 is 1.94 bits per heavy atom. The molecule has 1 aromatic carbocycles. The van der Waals surface area contributed by atoms with Gasteiger partial charge in [-0.1, -0.05) is 23.7 Å². The average Bonchev–Trinajstić information content (AvgIpc) is 3.27. The monoisotopic (exact) mass is 570 g/mol. The molecule has 32 heavy (non-hydrogen) atoms. The summed E-state index contributed by atoms with van der Waals surface area (Å²) in [5, 5.41) is 7.64. The molecule has 9 heteroatoms. The number of ether oxygens (including phenoxy) is 1. The van der Waals surface area contributed by atoms with Crippen molar-refractivity contribution in [3.63, 3.8) is 0 Å². The van der Waals surface area contributed by atoms with Gasteiger partial charge >= 0.3 is 0 Å². The predicted molar refractivity (Wildman–Crippen MR) is 143 cm³/mol. The Morgan fingerprint density at radius 3 is 2.66 bits per heavy atom. The lowest BCUT2D eigenvalue weighted by Gasteiger charge is -2.28. The first-order valence-electron chi connectivity index (χ1n) is 11.0. The molecule has 0 bridgehead atoms. The van der Waals surface area contributed by atoms with Crippen molar-refractivity contribution in [1.82, 2.24) is 15.6 Å². The highest BCUT2D eigenvalue weighted by Gasteiger charge is 2.25. The molecule has 174 valence electrons. The molecule has 0 spiro atoms. The van der Waals surface area contributed by atoms with E-state index in [2.05, 4.69) is 56.6 Å². The third-order valence-corrected chi connectivity index (χ3v) is 5.94. The van der Waals surface area contributed by atoms with E-state index < -0.39 is 0 Å². The fourth-order valence-corrected chi connectivity index (χ4v) is 4.24. The minimum absolute atomic E-state index is 0. The van der Waals surface area contributed by atoms with Gasteiger partial charge in [0.2, 0.25) is 0 Å². The maximum Gasteiger partial charge on any atom is 0.191 e. The number of benzene rings is 1. The second-order valence-electron chi connectivity index (χ2n) is 7.85. The largest absolute Gasteiger partial charge is 0.378 e. The third kappa shape index (κ3) is 6.62. The topological polar surface area (TPSA) is 65.0 Å². The lowest BCUT2D eigenvalue weighted by molar-refractivity contribution is 0.122. The summed E-state index contributed by atoms with van der Waals surface area (Å²) in [4.78, 5) is 13.8. The number of aliphatic imine (C=N–C) groups is 1. The standard InChI is InChI=1S/C23H31ClN6O.HI/c1-2-25-23(28-19-9-11-30(17-19)22-21(24)4-3-10-26-22)27-16-18-5-7-20(8-6-18)29-12-14-31-15-13-29;/h3-8,10,19H,2,9,11-17H2,1H3,(H2,25,27,28);1H. The Labute approximate surface area is 212 Å². The summed E-state index contributed by atoms with van der Waals surface area (Å²) < 4.78 is 5.44. The van der Waals surface area contributed by atoms with E-state index in [1.54, 1.807) is 6.20 Å². The van der Waals surface area contributed by atoms with Gasteiger partial charge in [0, 0.05) is 50.6 Å². The van der Waals surface area contributed by atoms with Crippen molar-refractivity contribution in [3.05, 3.63) is 53.2 Å². The van der Waals surface area contributed by atoms with Crippen molar-refractivity contribution in [2.24, 2.45) is 4.99 Å². The highest BCUT2D eigenvalue weighted by Crippen LogP contribution is 2.25. The zero-order valence-corrected chi connectivity index (χ0v) is 21.6. The summed E-state index contributed by atoms with van der Waals surface area (Å²) in [5.74, 6) is 1.70. The van der Waals surface area contributed by atoms with Crippen LogP contribution in [0.15, 0.2) is 47.6 Å². The van der Waals surface area contributed by atoms with Crippen LogP contribution in [0.5, 0.6) is 0 Å². The van der Waals surface area contributed by atoms with Gasteiger partial charge in [-0.3, -0.25) is 0 Å². The molecule has 1 atom stereocenters. The molecule has 7 nitrogen and oxygen atoms in total. The molecule has 0 amide bonds. The number of hydrogen-bond donors (Lipinski definition) is 2. The molecule has 1 aromatic heterocycles. The van der Waals surface area contributed by atoms with Gasteiger partial charge in [-0.05, 0) is 43.2 Å². The first kappa shape index (κ1) is 24.9. The Kier molecular flexibility index (Phi) is 9.68. The second kappa shape index (κ2) is 12.5. The number of guanidine groups is 1. The van der Waals surface area contributed by atoms with E-state index in [0.29, 0.717) is 17.6 Å². The molecule has 1 unspecified atom stereocenters. The molecule has 2 fully saturated rings. The van der Waals surface area contributed by atoms with E-state index in [1.807, 2.05) is 12.1 Å². The summed E-state index contributed by atoms with van der Waals surface area (Å²) in [5.41, 5.74) is 2.45. The fraction of sp³-hybridized carbons (Fsp3) is 0.478. The van der Waals surface area contributed by atoms with Gasteiger partial charge in [0.25, 0.3) is 0 Å². The van der Waals surface area contributed by atoms with Crippen LogP contribution in [0.3, 0.4) is 0 Å². The van der Waals surface area contributed by atoms with Gasteiger partial charge in [0.15, 0.2) is 5.96 Å². The van der Waals surface area contributed by atoms with E-state index >= 15 is 0 Å². The first-order chi connectivity index (χ1) is 15.2. The number of nitrogens with one attached hydrogen (secondary N) is 2. The van der Waals surface area contributed by atoms with Gasteiger partial charge < -0.3 is 25.2 Å². The number of morpholine rings is 1. The van der Waals surface area contributed by atoms with Crippen molar-refractivity contribution in [3.8, 4) is 0 Å². The maximum absolute atomic E-state index is 6.32. The summed E-state index contributed by atoms with van der Waals surface area (Å²) in [6, 6.07) is 12.8. The zero-order chi connectivity index (χ0) is 21.5. The summed E-state index contributed by atoms with van der Waals surface area (Å²) in [6.45, 7) is 8.84. The summed E-state index contributed by atoms with van der Waals surface area (Å²) in [6.07, 6.45) is 2.81. The van der Waals surface area contributed by atoms with Crippen molar-refractivity contribution >= 4 is 53.0 Å². The molecule has 2 N–H and O–H groups in total. The van der Waals surface area contributed by atoms with E-state index in [0.717, 1.165) is 64.1 Å². The maximum atomic E-state index is 6.32. The van der Waals surface area contributed by atoms with E-state index in [1.165, 1.54) is 11.3 Å². The van der Waals surface area contributed by atoms with Crippen LogP contribution in [0.1, 0.15) is 18.9 Å². The Morgan fingerprint density at radius 1 is 1.16 bits per heavy atom. The second-order valence-corrected chi connectivity index (χ2v) is 8.25. The van der Waals surface area contributed by atoms with Crippen LogP contribution in [0.2, 0.25) is 5.02 Å². The molecule has 3 heterocycles. The highest BCUT2D eigenvalue weighted by atomic mass is 127. The smallest absolute Gasteiger partial charge is 0.191 e. The van der Waals surface area contributed by atoms with Crippen LogP contribution in [-0.4, -0.2) is 62.9 Å². The van der Waals surface area contributed by atoms with Crippen LogP contribution < -0.4 is 20.4 Å². The van der Waals surface area contributed by atoms with E-state index in [9.17, 15) is 0 Å². The summed E-state index contributed by atoms with van der Waals surface area (Å²) >= 11 is 6.32. The van der Waals surface area contributed by atoms with Crippen LogP contribution in [0.25, 0.3) is 0 Å². The fourth-order valence-electron chi connectivity index (χ4n) is 4.00. The molecule has 0 radical (unpaired) electrons. The van der Waals surface area contributed by atoms with Crippen LogP contribution in [0, 0.1) is 0 Å². The Balaban J connectivity index is 0.00000289. The van der Waals surface area contributed by atoms with Crippen molar-refractivity contribution in [2.75, 3.05) is 55.7 Å². The van der Waals surface area contributed by atoms with E-state index in [4.69, 9.17) is 21.3 Å². The van der Waals surface area contributed by atoms with Gasteiger partial charge in [-0.2, -0.15) is 0 Å². The van der Waals surface area contributed by atoms with Crippen LogP contribution in [0.4, 0.5) is 11.5 Å². The lowest BCUT2D eigenvalue weighted by Crippen LogP contribution is -2.44. The number of halogens is 2. The van der Waals surface area contributed by atoms with E-state index in [-0.39, 0.29) is 24.0 Å². The molecule has 2 aromatic rings. The first-order valence-corrected chi connectivity index (χ1v) is 11.4. The normalized spacial score (nSPS) is 18.9. The number of aromatic nitrogens is 1. The molecule has 2 aliphatic heterocycles. The van der Waals surface area contributed by atoms with Crippen molar-refractivity contribution in [2.45, 2.75) is 25.9 Å². The molecule has 2 saturated heterocycles. The Bertz CT molecular complexity index is 875. The number of anilines is 2. The predicted octanol–water partition coefficient (Wildman–Crippen LogP) is 3.52. The third-order valence-electron chi connectivity index (χ3n) is 5.64. The van der Waals surface area contributed by atoms with Crippen molar-refractivity contribution < 1.29 is 4.74 Å². The zero-order valence-electron chi connectivity index (χ0n) is 18.5. The molecule has 2 aliphatic rings. The van der Waals surface area contributed by atoms with Crippen LogP contribution in [-0.2, 0) is 11.3 Å². The minimum atomic E-state index is 0. The number of nitrogens with zero attached hydrogens (tertiary/aromatic N) is 4. The molecule has 4 rings (SSSR count). The molecular formula is C23H32ClIN6O. The van der Waals surface area contributed by atoms with Crippen molar-refractivity contribution in [1.29, 1.82) is 0 Å². The van der Waals surface area contributed by atoms with Gasteiger partial charge in [-0.25, -0.2) is 9.98 Å². The number of hydrogen-bond acceptors (Lipinski definition) is 5. The molecule has 0 aliphatic carbocycles. The summed E-state index contributed by atoms with van der Waals surface area (Å²) in [7, 11) is 0.